The molecule has 0 aliphatic rings. The zero-order valence-electron chi connectivity index (χ0n) is 9.70. The predicted octanol–water partition coefficient (Wildman–Crippen LogP) is 3.69. The maximum Gasteiger partial charge on any atom is 0.241 e. The van der Waals surface area contributed by atoms with Crippen molar-refractivity contribution in [2.45, 2.75) is 6.54 Å². The van der Waals surface area contributed by atoms with Crippen molar-refractivity contribution in [2.75, 3.05) is 6.61 Å². The molecule has 94 valence electrons. The van der Waals surface area contributed by atoms with Crippen molar-refractivity contribution in [3.05, 3.63) is 47.7 Å². The first-order valence-electron chi connectivity index (χ1n) is 5.38. The second-order valence-corrected chi connectivity index (χ2v) is 4.49. The number of rotatable bonds is 5. The van der Waals surface area contributed by atoms with Crippen LogP contribution in [0.25, 0.3) is 10.9 Å². The van der Waals surface area contributed by atoms with Gasteiger partial charge in [-0.3, -0.25) is 4.68 Å². The number of allylic oxidation sites excluding steroid dienone is 1. The summed E-state index contributed by atoms with van der Waals surface area (Å²) in [5, 5.41) is 4.87. The fraction of sp³-hybridized carbons (Fsp3) is 0.154. The highest BCUT2D eigenvalue weighted by atomic mass is 79.9. The SMILES string of the molecule is C=CCOc1nn(CC=C)c2c(F)c(Br)ccc12. The monoisotopic (exact) mass is 310 g/mol. The van der Waals surface area contributed by atoms with Crippen molar-refractivity contribution in [3.8, 4) is 5.88 Å². The van der Waals surface area contributed by atoms with Crippen LogP contribution in [0.2, 0.25) is 0 Å². The van der Waals surface area contributed by atoms with Gasteiger partial charge in [-0.1, -0.05) is 18.7 Å². The minimum atomic E-state index is -0.352. The Bertz CT molecular complexity index is 607. The maximum atomic E-state index is 14.1. The van der Waals surface area contributed by atoms with Crippen LogP contribution in [0.15, 0.2) is 41.9 Å². The summed E-state index contributed by atoms with van der Waals surface area (Å²) < 4.78 is 21.5. The van der Waals surface area contributed by atoms with E-state index in [0.29, 0.717) is 34.4 Å². The molecule has 3 nitrogen and oxygen atoms in total. The highest BCUT2D eigenvalue weighted by Gasteiger charge is 2.16. The van der Waals surface area contributed by atoms with E-state index in [0.717, 1.165) is 0 Å². The first-order valence-corrected chi connectivity index (χ1v) is 6.17. The quantitative estimate of drug-likeness (QED) is 0.788. The van der Waals surface area contributed by atoms with Crippen LogP contribution in [0.5, 0.6) is 5.88 Å². The van der Waals surface area contributed by atoms with Gasteiger partial charge in [-0.2, -0.15) is 0 Å². The van der Waals surface area contributed by atoms with Crippen LogP contribution < -0.4 is 4.74 Å². The topological polar surface area (TPSA) is 27.1 Å². The fourth-order valence-electron chi connectivity index (χ4n) is 1.68. The summed E-state index contributed by atoms with van der Waals surface area (Å²) in [4.78, 5) is 0. The van der Waals surface area contributed by atoms with Gasteiger partial charge in [-0.05, 0) is 28.1 Å². The number of aromatic nitrogens is 2. The zero-order valence-corrected chi connectivity index (χ0v) is 11.3. The molecule has 1 aromatic heterocycles. The average Bonchev–Trinajstić information content (AvgIpc) is 2.70. The molecule has 0 saturated carbocycles. The molecule has 2 aromatic rings. The van der Waals surface area contributed by atoms with Crippen molar-refractivity contribution in [1.29, 1.82) is 0 Å². The van der Waals surface area contributed by atoms with Gasteiger partial charge < -0.3 is 4.74 Å². The van der Waals surface area contributed by atoms with Crippen LogP contribution >= 0.6 is 15.9 Å². The molecule has 1 heterocycles. The molecular formula is C13H12BrFN2O. The van der Waals surface area contributed by atoms with Gasteiger partial charge in [0.1, 0.15) is 12.1 Å². The van der Waals surface area contributed by atoms with Crippen molar-refractivity contribution < 1.29 is 9.13 Å². The summed E-state index contributed by atoms with van der Waals surface area (Å²) in [7, 11) is 0. The van der Waals surface area contributed by atoms with E-state index < -0.39 is 0 Å². The van der Waals surface area contributed by atoms with E-state index in [-0.39, 0.29) is 5.82 Å². The smallest absolute Gasteiger partial charge is 0.241 e. The second kappa shape index (κ2) is 5.35. The van der Waals surface area contributed by atoms with Gasteiger partial charge in [0.15, 0.2) is 5.82 Å². The van der Waals surface area contributed by atoms with Gasteiger partial charge >= 0.3 is 0 Å². The Morgan fingerprint density at radius 3 is 2.83 bits per heavy atom. The second-order valence-electron chi connectivity index (χ2n) is 3.63. The molecule has 5 heteroatoms. The summed E-state index contributed by atoms with van der Waals surface area (Å²) in [5.74, 6) is 0.0495. The predicted molar refractivity (Wildman–Crippen MR) is 73.3 cm³/mol. The highest BCUT2D eigenvalue weighted by Crippen LogP contribution is 2.31. The average molecular weight is 311 g/mol. The van der Waals surface area contributed by atoms with E-state index in [1.807, 2.05) is 0 Å². The normalized spacial score (nSPS) is 10.6. The summed E-state index contributed by atoms with van der Waals surface area (Å²) >= 11 is 3.16. The van der Waals surface area contributed by atoms with E-state index >= 15 is 0 Å². The lowest BCUT2D eigenvalue weighted by atomic mass is 10.2. The van der Waals surface area contributed by atoms with Gasteiger partial charge in [0.05, 0.1) is 16.4 Å². The Hall–Kier alpha value is -1.62. The van der Waals surface area contributed by atoms with E-state index in [1.54, 1.807) is 24.3 Å². The van der Waals surface area contributed by atoms with Gasteiger partial charge in [0, 0.05) is 0 Å². The third kappa shape index (κ3) is 2.18. The summed E-state index contributed by atoms with van der Waals surface area (Å²) in [5.41, 5.74) is 0.406. The third-order valence-corrected chi connectivity index (χ3v) is 3.02. The number of benzene rings is 1. The summed E-state index contributed by atoms with van der Waals surface area (Å²) in [6.07, 6.45) is 3.28. The molecule has 2 rings (SSSR count). The van der Waals surface area contributed by atoms with Gasteiger partial charge in [0.2, 0.25) is 5.88 Å². The molecule has 0 saturated heterocycles. The minimum Gasteiger partial charge on any atom is -0.472 e. The number of ether oxygens (including phenoxy) is 1. The molecule has 18 heavy (non-hydrogen) atoms. The van der Waals surface area contributed by atoms with Crippen LogP contribution in [-0.4, -0.2) is 16.4 Å². The number of hydrogen-bond donors (Lipinski definition) is 0. The lowest BCUT2D eigenvalue weighted by Crippen LogP contribution is -2.00. The number of halogens is 2. The van der Waals surface area contributed by atoms with Crippen molar-refractivity contribution >= 4 is 26.8 Å². The van der Waals surface area contributed by atoms with Crippen molar-refractivity contribution in [3.63, 3.8) is 0 Å². The molecule has 0 bridgehead atoms. The Balaban J connectivity index is 2.63. The molecule has 0 N–H and O–H groups in total. The molecule has 0 radical (unpaired) electrons. The molecule has 1 aromatic carbocycles. The van der Waals surface area contributed by atoms with E-state index in [2.05, 4.69) is 34.2 Å². The molecule has 0 aliphatic carbocycles. The molecule has 0 atom stereocenters. The number of nitrogens with zero attached hydrogens (tertiary/aromatic N) is 2. The lowest BCUT2D eigenvalue weighted by molar-refractivity contribution is 0.347. The number of hydrogen-bond acceptors (Lipinski definition) is 2. The van der Waals surface area contributed by atoms with Gasteiger partial charge in [-0.15, -0.1) is 11.7 Å². The Morgan fingerprint density at radius 1 is 1.39 bits per heavy atom. The van der Waals surface area contributed by atoms with Crippen LogP contribution in [0, 0.1) is 5.82 Å². The molecular weight excluding hydrogens is 299 g/mol. The Morgan fingerprint density at radius 2 is 2.17 bits per heavy atom. The lowest BCUT2D eigenvalue weighted by Gasteiger charge is -2.00. The standard InChI is InChI=1S/C13H12BrFN2O/c1-3-7-17-12-9(5-6-10(14)11(12)15)13(16-17)18-8-4-2/h3-6H,1-2,7-8H2. The van der Waals surface area contributed by atoms with Crippen LogP contribution in [0.4, 0.5) is 4.39 Å². The fourth-order valence-corrected chi connectivity index (χ4v) is 2.00. The molecule has 0 amide bonds. The largest absolute Gasteiger partial charge is 0.472 e. The summed E-state index contributed by atoms with van der Waals surface area (Å²) in [6, 6.07) is 3.41. The molecule has 0 aliphatic heterocycles. The molecule has 0 spiro atoms. The van der Waals surface area contributed by atoms with Gasteiger partial charge in [0.25, 0.3) is 0 Å². The first-order chi connectivity index (χ1) is 8.69. The van der Waals surface area contributed by atoms with E-state index in [1.165, 1.54) is 4.68 Å². The summed E-state index contributed by atoms with van der Waals surface area (Å²) in [6.45, 7) is 7.96. The minimum absolute atomic E-state index is 0.331. The van der Waals surface area contributed by atoms with E-state index in [4.69, 9.17) is 4.74 Å². The van der Waals surface area contributed by atoms with E-state index in [9.17, 15) is 4.39 Å². The first kappa shape index (κ1) is 12.8. The van der Waals surface area contributed by atoms with Crippen molar-refractivity contribution in [1.82, 2.24) is 9.78 Å². The van der Waals surface area contributed by atoms with Crippen LogP contribution in [0.3, 0.4) is 0 Å². The zero-order chi connectivity index (χ0) is 13.1. The van der Waals surface area contributed by atoms with Crippen LogP contribution in [0.1, 0.15) is 0 Å². The van der Waals surface area contributed by atoms with Crippen molar-refractivity contribution in [2.24, 2.45) is 0 Å². The molecule has 0 fully saturated rings. The maximum absolute atomic E-state index is 14.1. The number of fused-ring (bicyclic) bond motifs is 1. The van der Waals surface area contributed by atoms with Gasteiger partial charge in [-0.25, -0.2) is 4.39 Å². The Kier molecular flexibility index (Phi) is 3.81. The third-order valence-electron chi connectivity index (χ3n) is 2.41. The Labute approximate surface area is 113 Å². The van der Waals surface area contributed by atoms with Crippen LogP contribution in [-0.2, 0) is 6.54 Å². The molecule has 0 unspecified atom stereocenters. The highest BCUT2D eigenvalue weighted by molar-refractivity contribution is 9.10.